The highest BCUT2D eigenvalue weighted by Gasteiger charge is 2.39. The Morgan fingerprint density at radius 3 is 2.86 bits per heavy atom. The van der Waals surface area contributed by atoms with Gasteiger partial charge in [-0.2, -0.15) is 0 Å². The van der Waals surface area contributed by atoms with E-state index >= 15 is 0 Å². The Labute approximate surface area is 132 Å². The average molecular weight is 320 g/mol. The van der Waals surface area contributed by atoms with Gasteiger partial charge in [0.2, 0.25) is 0 Å². The topological polar surface area (TPSA) is 69.4 Å². The van der Waals surface area contributed by atoms with Crippen LogP contribution in [0.3, 0.4) is 0 Å². The third-order valence-corrected chi connectivity index (χ3v) is 4.58. The molecule has 6 heteroatoms. The number of fused-ring (bicyclic) bond motifs is 1. The summed E-state index contributed by atoms with van der Waals surface area (Å²) in [6, 6.07) is 4.66. The van der Waals surface area contributed by atoms with Crippen LogP contribution in [0.25, 0.3) is 5.57 Å². The third-order valence-electron chi connectivity index (χ3n) is 4.27. The summed E-state index contributed by atoms with van der Waals surface area (Å²) >= 11 is 6.18. The normalized spacial score (nSPS) is 22.8. The van der Waals surface area contributed by atoms with Gasteiger partial charge in [-0.1, -0.05) is 29.8 Å². The van der Waals surface area contributed by atoms with E-state index in [-0.39, 0.29) is 17.6 Å². The molecule has 0 amide bonds. The molecule has 1 aromatic carbocycles. The highest BCUT2D eigenvalue weighted by atomic mass is 35.5. The molecule has 0 fully saturated rings. The maximum Gasteiger partial charge on any atom is 0.333 e. The van der Waals surface area contributed by atoms with Gasteiger partial charge in [-0.3, -0.25) is 10.1 Å². The standard InChI is InChI=1S/C16H14ClNO4/c1-22-16(19)10-6-5-9-7-12(11(9)8-10)15-13(17)3-2-4-14(15)18(20)21/h2-4,7-9,11H,5-6H2,1H3/t9-,11-/m1/s1. The van der Waals surface area contributed by atoms with Gasteiger partial charge in [-0.15, -0.1) is 0 Å². The fourth-order valence-electron chi connectivity index (χ4n) is 3.16. The molecule has 5 nitrogen and oxygen atoms in total. The number of ether oxygens (including phenoxy) is 1. The largest absolute Gasteiger partial charge is 0.466 e. The summed E-state index contributed by atoms with van der Waals surface area (Å²) < 4.78 is 4.76. The van der Waals surface area contributed by atoms with E-state index in [1.165, 1.54) is 13.2 Å². The first kappa shape index (κ1) is 14.8. The monoisotopic (exact) mass is 319 g/mol. The highest BCUT2D eigenvalue weighted by molar-refractivity contribution is 6.33. The number of halogens is 1. The van der Waals surface area contributed by atoms with Crippen molar-refractivity contribution in [1.29, 1.82) is 0 Å². The third kappa shape index (κ3) is 2.31. The van der Waals surface area contributed by atoms with Crippen LogP contribution in [0.2, 0.25) is 5.02 Å². The van der Waals surface area contributed by atoms with Crippen LogP contribution in [0, 0.1) is 22.0 Å². The number of benzene rings is 1. The van der Waals surface area contributed by atoms with Crippen molar-refractivity contribution in [1.82, 2.24) is 0 Å². The number of rotatable bonds is 3. The van der Waals surface area contributed by atoms with Crippen molar-refractivity contribution in [2.24, 2.45) is 11.8 Å². The van der Waals surface area contributed by atoms with Crippen LogP contribution in [0.1, 0.15) is 18.4 Å². The number of esters is 1. The molecule has 2 aliphatic rings. The number of allylic oxidation sites excluding steroid dienone is 3. The van der Waals surface area contributed by atoms with Gasteiger partial charge in [-0.05, 0) is 30.4 Å². The number of hydrogen-bond donors (Lipinski definition) is 0. The molecule has 0 aliphatic heterocycles. The van der Waals surface area contributed by atoms with Crippen LogP contribution >= 0.6 is 11.6 Å². The van der Waals surface area contributed by atoms with Crippen LogP contribution in [-0.2, 0) is 9.53 Å². The van der Waals surface area contributed by atoms with Gasteiger partial charge in [0.15, 0.2) is 0 Å². The van der Waals surface area contributed by atoms with Gasteiger partial charge in [-0.25, -0.2) is 4.79 Å². The van der Waals surface area contributed by atoms with E-state index < -0.39 is 4.92 Å². The van der Waals surface area contributed by atoms with E-state index in [9.17, 15) is 14.9 Å². The maximum absolute atomic E-state index is 11.7. The number of hydrogen-bond acceptors (Lipinski definition) is 4. The van der Waals surface area contributed by atoms with Crippen LogP contribution in [0.5, 0.6) is 0 Å². The van der Waals surface area contributed by atoms with E-state index in [4.69, 9.17) is 16.3 Å². The summed E-state index contributed by atoms with van der Waals surface area (Å²) in [6.07, 6.45) is 5.39. The van der Waals surface area contributed by atoms with Crippen molar-refractivity contribution in [2.45, 2.75) is 12.8 Å². The molecule has 0 aromatic heterocycles. The van der Waals surface area contributed by atoms with Crippen molar-refractivity contribution < 1.29 is 14.5 Å². The van der Waals surface area contributed by atoms with Crippen molar-refractivity contribution in [3.8, 4) is 0 Å². The predicted molar refractivity (Wildman–Crippen MR) is 82.4 cm³/mol. The lowest BCUT2D eigenvalue weighted by Gasteiger charge is -2.38. The molecule has 2 atom stereocenters. The summed E-state index contributed by atoms with van der Waals surface area (Å²) in [5, 5.41) is 11.6. The molecule has 0 spiro atoms. The fourth-order valence-corrected chi connectivity index (χ4v) is 3.44. The van der Waals surface area contributed by atoms with Crippen LogP contribution in [-0.4, -0.2) is 18.0 Å². The maximum atomic E-state index is 11.7. The first-order valence-corrected chi connectivity index (χ1v) is 7.34. The first-order valence-electron chi connectivity index (χ1n) is 6.97. The number of carbonyl (C=O) groups excluding carboxylic acids is 1. The van der Waals surface area contributed by atoms with Gasteiger partial charge >= 0.3 is 5.97 Å². The molecule has 3 rings (SSSR count). The predicted octanol–water partition coefficient (Wildman–Crippen LogP) is 3.77. The van der Waals surface area contributed by atoms with Crippen molar-refractivity contribution >= 4 is 28.8 Å². The Bertz CT molecular complexity index is 723. The van der Waals surface area contributed by atoms with Gasteiger partial charge in [0.25, 0.3) is 5.69 Å². The highest BCUT2D eigenvalue weighted by Crippen LogP contribution is 2.51. The SMILES string of the molecule is COC(=O)C1=C[C@H]2C(c3c(Cl)cccc3[N+](=O)[O-])=C[C@H]2CC1. The lowest BCUT2D eigenvalue weighted by atomic mass is 9.66. The molecule has 22 heavy (non-hydrogen) atoms. The Balaban J connectivity index is 2.01. The van der Waals surface area contributed by atoms with E-state index in [0.29, 0.717) is 28.5 Å². The summed E-state index contributed by atoms with van der Waals surface area (Å²) in [4.78, 5) is 22.5. The smallest absolute Gasteiger partial charge is 0.333 e. The van der Waals surface area contributed by atoms with Gasteiger partial charge in [0, 0.05) is 17.6 Å². The van der Waals surface area contributed by atoms with Crippen molar-refractivity contribution in [3.63, 3.8) is 0 Å². The van der Waals surface area contributed by atoms with Crippen LogP contribution in [0.15, 0.2) is 35.9 Å². The summed E-state index contributed by atoms with van der Waals surface area (Å²) in [5.74, 6) is -0.0425. The minimum atomic E-state index is -0.427. The molecular weight excluding hydrogens is 306 g/mol. The zero-order valence-corrected chi connectivity index (χ0v) is 12.7. The lowest BCUT2D eigenvalue weighted by Crippen LogP contribution is -2.28. The summed E-state index contributed by atoms with van der Waals surface area (Å²) in [7, 11) is 1.35. The molecule has 0 heterocycles. The molecule has 0 N–H and O–H groups in total. The average Bonchev–Trinajstić information content (AvgIpc) is 2.49. The summed E-state index contributed by atoms with van der Waals surface area (Å²) in [5.41, 5.74) is 1.90. The molecule has 0 saturated heterocycles. The fraction of sp³-hybridized carbons (Fsp3) is 0.312. The zero-order chi connectivity index (χ0) is 15.9. The number of nitrogens with zero attached hydrogens (tertiary/aromatic N) is 1. The van der Waals surface area contributed by atoms with E-state index in [1.54, 1.807) is 12.1 Å². The number of nitro groups is 1. The van der Waals surface area contributed by atoms with E-state index in [1.807, 2.05) is 12.2 Å². The number of nitro benzene ring substituents is 1. The number of carbonyl (C=O) groups is 1. The van der Waals surface area contributed by atoms with E-state index in [2.05, 4.69) is 0 Å². The number of methoxy groups -OCH3 is 1. The molecule has 2 aliphatic carbocycles. The molecule has 114 valence electrons. The minimum Gasteiger partial charge on any atom is -0.466 e. The molecule has 1 aromatic rings. The molecule has 0 radical (unpaired) electrons. The quantitative estimate of drug-likeness (QED) is 0.483. The molecule has 0 saturated carbocycles. The first-order chi connectivity index (χ1) is 10.5. The second kappa shape index (κ2) is 5.57. The second-order valence-electron chi connectivity index (χ2n) is 5.42. The molecular formula is C16H14ClNO4. The lowest BCUT2D eigenvalue weighted by molar-refractivity contribution is -0.385. The molecule has 0 bridgehead atoms. The Morgan fingerprint density at radius 2 is 2.18 bits per heavy atom. The van der Waals surface area contributed by atoms with E-state index in [0.717, 1.165) is 12.0 Å². The van der Waals surface area contributed by atoms with Crippen LogP contribution < -0.4 is 0 Å². The Morgan fingerprint density at radius 1 is 1.41 bits per heavy atom. The van der Waals surface area contributed by atoms with Crippen LogP contribution in [0.4, 0.5) is 5.69 Å². The molecule has 0 unspecified atom stereocenters. The summed E-state index contributed by atoms with van der Waals surface area (Å²) in [6.45, 7) is 0. The van der Waals surface area contributed by atoms with Crippen molar-refractivity contribution in [2.75, 3.05) is 7.11 Å². The van der Waals surface area contributed by atoms with Crippen molar-refractivity contribution in [3.05, 3.63) is 56.6 Å². The minimum absolute atomic E-state index is 0.00390. The van der Waals surface area contributed by atoms with Gasteiger partial charge < -0.3 is 4.74 Å². The Kier molecular flexibility index (Phi) is 3.74. The van der Waals surface area contributed by atoms with Gasteiger partial charge in [0.05, 0.1) is 22.6 Å². The Hall–Kier alpha value is -2.14. The zero-order valence-electron chi connectivity index (χ0n) is 11.9. The van der Waals surface area contributed by atoms with Gasteiger partial charge in [0.1, 0.15) is 0 Å². The second-order valence-corrected chi connectivity index (χ2v) is 5.83.